The van der Waals surface area contributed by atoms with E-state index in [9.17, 15) is 9.59 Å². The summed E-state index contributed by atoms with van der Waals surface area (Å²) in [6.07, 6.45) is 4.88. The summed E-state index contributed by atoms with van der Waals surface area (Å²) in [6.45, 7) is -0.689. The molecule has 0 spiro atoms. The minimum Gasteiger partial charge on any atom is -0.464 e. The average molecular weight is 542 g/mol. The number of esters is 1. The second-order valence-electron chi connectivity index (χ2n) is 6.78. The van der Waals surface area contributed by atoms with Crippen LogP contribution in [0.15, 0.2) is 59.3 Å². The number of aliphatic hydroxyl groups is 1. The summed E-state index contributed by atoms with van der Waals surface area (Å²) in [5.41, 5.74) is 1.11. The predicted molar refractivity (Wildman–Crippen MR) is 117 cm³/mol. The zero-order valence-corrected chi connectivity index (χ0v) is 19.2. The van der Waals surface area contributed by atoms with Gasteiger partial charge in [0.2, 0.25) is 29.3 Å². The first kappa shape index (κ1) is 22.4. The van der Waals surface area contributed by atoms with Crippen molar-refractivity contribution in [1.29, 1.82) is 0 Å². The molecule has 0 aliphatic rings. The molecule has 0 bridgehead atoms. The minimum absolute atomic E-state index is 0.00601. The molecule has 5 aromatic rings. The largest absolute Gasteiger partial charge is 0.464 e. The van der Waals surface area contributed by atoms with Gasteiger partial charge in [-0.25, -0.2) is 29.7 Å². The van der Waals surface area contributed by atoms with Crippen molar-refractivity contribution in [2.24, 2.45) is 0 Å². The fourth-order valence-corrected chi connectivity index (χ4v) is 3.32. The van der Waals surface area contributed by atoms with Crippen LogP contribution in [-0.4, -0.2) is 55.5 Å². The van der Waals surface area contributed by atoms with Crippen molar-refractivity contribution in [2.75, 3.05) is 13.7 Å². The number of ketones is 1. The average Bonchev–Trinajstić information content (AvgIpc) is 3.68. The van der Waals surface area contributed by atoms with E-state index in [1.807, 2.05) is 0 Å². The van der Waals surface area contributed by atoms with Crippen molar-refractivity contribution in [3.8, 4) is 46.3 Å². The van der Waals surface area contributed by atoms with Crippen LogP contribution in [0, 0.1) is 0 Å². The van der Waals surface area contributed by atoms with Crippen LogP contribution in [0.2, 0.25) is 0 Å². The summed E-state index contributed by atoms with van der Waals surface area (Å²) in [6, 6.07) is 3.33. The smallest absolute Gasteiger partial charge is 0.360 e. The van der Waals surface area contributed by atoms with Gasteiger partial charge in [0.25, 0.3) is 0 Å². The highest BCUT2D eigenvalue weighted by molar-refractivity contribution is 9.10. The van der Waals surface area contributed by atoms with Crippen molar-refractivity contribution < 1.29 is 37.1 Å². The Morgan fingerprint density at radius 3 is 1.80 bits per heavy atom. The third-order valence-corrected chi connectivity index (χ3v) is 4.96. The maximum absolute atomic E-state index is 11.6. The number of aromatic nitrogens is 5. The molecule has 5 rings (SSSR count). The number of ether oxygens (including phenoxy) is 1. The molecule has 0 saturated heterocycles. The van der Waals surface area contributed by atoms with Gasteiger partial charge in [0.15, 0.2) is 17.1 Å². The molecule has 1 N–H and O–H groups in total. The molecule has 13 nitrogen and oxygen atoms in total. The third kappa shape index (κ3) is 4.39. The molecular weight excluding hydrogens is 530 g/mol. The number of halogens is 1. The van der Waals surface area contributed by atoms with Crippen LogP contribution in [0.4, 0.5) is 0 Å². The summed E-state index contributed by atoms with van der Waals surface area (Å²) >= 11 is 3.41. The van der Waals surface area contributed by atoms with E-state index in [1.54, 1.807) is 12.1 Å². The molecule has 0 saturated carbocycles. The number of rotatable bonds is 7. The van der Waals surface area contributed by atoms with Gasteiger partial charge in [0.05, 0.1) is 7.11 Å². The number of methoxy groups -OCH3 is 1. The predicted octanol–water partition coefficient (Wildman–Crippen LogP) is 3.43. The Hall–Kier alpha value is -4.43. The van der Waals surface area contributed by atoms with Crippen molar-refractivity contribution in [3.05, 3.63) is 53.0 Å². The zero-order valence-electron chi connectivity index (χ0n) is 17.6. The molecule has 0 aliphatic carbocycles. The van der Waals surface area contributed by atoms with E-state index in [0.717, 1.165) is 12.5 Å². The first-order chi connectivity index (χ1) is 16.9. The first-order valence-electron chi connectivity index (χ1n) is 9.68. The maximum atomic E-state index is 11.6. The Morgan fingerprint density at radius 1 is 0.771 bits per heavy atom. The lowest BCUT2D eigenvalue weighted by Crippen LogP contribution is -2.04. The Kier molecular flexibility index (Phi) is 5.80. The number of hydrogen-bond donors (Lipinski definition) is 1. The number of carbonyl (C=O) groups excluding carboxylic acids is 2. The Morgan fingerprint density at radius 2 is 1.26 bits per heavy atom. The van der Waals surface area contributed by atoms with Gasteiger partial charge in [-0.1, -0.05) is 15.9 Å². The third-order valence-electron chi connectivity index (χ3n) is 4.51. The van der Waals surface area contributed by atoms with Crippen molar-refractivity contribution in [2.45, 2.75) is 0 Å². The summed E-state index contributed by atoms with van der Waals surface area (Å²) < 4.78 is 26.8. The Labute approximate surface area is 202 Å². The van der Waals surface area contributed by atoms with Crippen LogP contribution >= 0.6 is 15.9 Å². The molecule has 0 unspecified atom stereocenters. The monoisotopic (exact) mass is 541 g/mol. The lowest BCUT2D eigenvalue weighted by molar-refractivity contribution is 0.0594. The number of carbonyl (C=O) groups is 2. The zero-order chi connectivity index (χ0) is 24.5. The molecule has 14 heteroatoms. The fourth-order valence-electron chi connectivity index (χ4n) is 2.89. The molecular formula is C21H12BrN5O8. The number of oxazole rings is 4. The van der Waals surface area contributed by atoms with Crippen LogP contribution in [0.5, 0.6) is 0 Å². The summed E-state index contributed by atoms with van der Waals surface area (Å²) in [5.74, 6) is -0.837. The highest BCUT2D eigenvalue weighted by Crippen LogP contribution is 2.30. The molecule has 176 valence electrons. The molecule has 0 amide bonds. The van der Waals surface area contributed by atoms with Gasteiger partial charge in [-0.2, -0.15) is 0 Å². The second kappa shape index (κ2) is 9.08. The number of aliphatic hydroxyl groups excluding tert-OH is 1. The van der Waals surface area contributed by atoms with Crippen molar-refractivity contribution in [3.63, 3.8) is 0 Å². The molecule has 35 heavy (non-hydrogen) atoms. The van der Waals surface area contributed by atoms with E-state index >= 15 is 0 Å². The van der Waals surface area contributed by atoms with Crippen LogP contribution in [0.3, 0.4) is 0 Å². The van der Waals surface area contributed by atoms with Crippen LogP contribution in [0.25, 0.3) is 46.3 Å². The molecule has 5 heterocycles. The van der Waals surface area contributed by atoms with Gasteiger partial charge in [0.1, 0.15) is 48.7 Å². The van der Waals surface area contributed by atoms with Crippen molar-refractivity contribution in [1.82, 2.24) is 24.9 Å². The highest BCUT2D eigenvalue weighted by Gasteiger charge is 2.20. The van der Waals surface area contributed by atoms with Crippen LogP contribution in [-0.2, 0) is 4.74 Å². The number of pyridine rings is 1. The summed E-state index contributed by atoms with van der Waals surface area (Å²) in [5, 5.41) is 8.95. The lowest BCUT2D eigenvalue weighted by Gasteiger charge is -2.00. The lowest BCUT2D eigenvalue weighted by atomic mass is 10.3. The van der Waals surface area contributed by atoms with Gasteiger partial charge in [-0.05, 0) is 12.1 Å². The number of hydrogen-bond acceptors (Lipinski definition) is 13. The van der Waals surface area contributed by atoms with E-state index in [2.05, 4.69) is 45.6 Å². The van der Waals surface area contributed by atoms with Crippen LogP contribution in [0.1, 0.15) is 21.0 Å². The van der Waals surface area contributed by atoms with Crippen LogP contribution < -0.4 is 0 Å². The van der Waals surface area contributed by atoms with E-state index < -0.39 is 18.4 Å². The first-order valence-corrected chi connectivity index (χ1v) is 10.5. The Bertz CT molecular complexity index is 1440. The Balaban J connectivity index is 1.42. The molecule has 0 aliphatic heterocycles. The molecule has 0 atom stereocenters. The maximum Gasteiger partial charge on any atom is 0.360 e. The van der Waals surface area contributed by atoms with Crippen molar-refractivity contribution >= 4 is 27.7 Å². The quantitative estimate of drug-likeness (QED) is 0.234. The SMILES string of the molecule is COC(=O)c1coc(-c2coc(-c3cc(Br)cc(-c4nc(-c5nc(C(=O)CO)co5)co4)n3)n2)n1. The van der Waals surface area contributed by atoms with Gasteiger partial charge < -0.3 is 27.5 Å². The summed E-state index contributed by atoms with van der Waals surface area (Å²) in [4.78, 5) is 44.2. The molecule has 5 aromatic heterocycles. The van der Waals surface area contributed by atoms with Gasteiger partial charge in [-0.15, -0.1) is 0 Å². The minimum atomic E-state index is -0.689. The molecule has 0 radical (unpaired) electrons. The van der Waals surface area contributed by atoms with E-state index in [4.69, 9.17) is 22.8 Å². The summed E-state index contributed by atoms with van der Waals surface area (Å²) in [7, 11) is 1.23. The fraction of sp³-hybridized carbons (Fsp3) is 0.0952. The van der Waals surface area contributed by atoms with E-state index in [1.165, 1.54) is 19.6 Å². The van der Waals surface area contributed by atoms with Gasteiger partial charge in [0, 0.05) is 4.47 Å². The van der Waals surface area contributed by atoms with E-state index in [0.29, 0.717) is 15.9 Å². The second-order valence-corrected chi connectivity index (χ2v) is 7.70. The molecule has 0 aromatic carbocycles. The van der Waals surface area contributed by atoms with E-state index in [-0.39, 0.29) is 46.3 Å². The number of Topliss-reactive ketones (excluding diaryl/α,β-unsaturated/α-hetero) is 1. The topological polar surface area (TPSA) is 181 Å². The standard InChI is InChI=1S/C21H12BrN5O8/c1-31-21(30)15-8-35-20(27-15)14-7-34-18(26-14)11-3-9(22)2-10(23-11)17-25-13(6-33-17)19-24-12(5-32-19)16(29)4-28/h2-3,5-8,28H,4H2,1H3. The van der Waals surface area contributed by atoms with Gasteiger partial charge >= 0.3 is 5.97 Å². The number of nitrogens with zero attached hydrogens (tertiary/aromatic N) is 5. The molecule has 0 fully saturated rings. The van der Waals surface area contributed by atoms with Gasteiger partial charge in [-0.3, -0.25) is 4.79 Å². The highest BCUT2D eigenvalue weighted by atomic mass is 79.9. The normalized spacial score (nSPS) is 11.1.